The fraction of sp³-hybridized carbons (Fsp3) is 0.462. The Morgan fingerprint density at radius 1 is 1.30 bits per heavy atom. The van der Waals surface area contributed by atoms with E-state index >= 15 is 0 Å². The standard InChI is InChI=1S/C13H20N2O4S/c1-10(2)15(8-3-9-16)20(18,19)12-6-4-11(5-7-12)13(14)17/h4-7,10,16H,3,8-9H2,1-2H3,(H2,14,17). The molecule has 7 heteroatoms. The lowest BCUT2D eigenvalue weighted by Crippen LogP contribution is -2.38. The van der Waals surface area contributed by atoms with Crippen molar-refractivity contribution in [3.63, 3.8) is 0 Å². The Morgan fingerprint density at radius 3 is 2.25 bits per heavy atom. The highest BCUT2D eigenvalue weighted by atomic mass is 32.2. The van der Waals surface area contributed by atoms with Gasteiger partial charge >= 0.3 is 0 Å². The van der Waals surface area contributed by atoms with E-state index in [1.807, 2.05) is 0 Å². The summed E-state index contributed by atoms with van der Waals surface area (Å²) in [6, 6.07) is 5.29. The lowest BCUT2D eigenvalue weighted by molar-refractivity contribution is 0.1000. The van der Waals surface area contributed by atoms with Crippen molar-refractivity contribution in [1.82, 2.24) is 4.31 Å². The van der Waals surface area contributed by atoms with Gasteiger partial charge in [-0.2, -0.15) is 4.31 Å². The molecule has 0 aliphatic carbocycles. The number of amides is 1. The van der Waals surface area contributed by atoms with E-state index in [-0.39, 0.29) is 29.7 Å². The first-order valence-electron chi connectivity index (χ1n) is 6.33. The number of aliphatic hydroxyl groups excluding tert-OH is 1. The van der Waals surface area contributed by atoms with Crippen LogP contribution in [0.25, 0.3) is 0 Å². The van der Waals surface area contributed by atoms with Gasteiger partial charge in [-0.15, -0.1) is 0 Å². The molecule has 20 heavy (non-hydrogen) atoms. The van der Waals surface area contributed by atoms with E-state index in [0.29, 0.717) is 6.42 Å². The SMILES string of the molecule is CC(C)N(CCCO)S(=O)(=O)c1ccc(C(N)=O)cc1. The molecule has 6 nitrogen and oxygen atoms in total. The minimum atomic E-state index is -3.64. The number of sulfonamides is 1. The minimum Gasteiger partial charge on any atom is -0.396 e. The van der Waals surface area contributed by atoms with Crippen LogP contribution in [0.4, 0.5) is 0 Å². The van der Waals surface area contributed by atoms with Crippen molar-refractivity contribution < 1.29 is 18.3 Å². The molecular weight excluding hydrogens is 280 g/mol. The molecule has 3 N–H and O–H groups in total. The van der Waals surface area contributed by atoms with Crippen molar-refractivity contribution >= 4 is 15.9 Å². The van der Waals surface area contributed by atoms with Crippen LogP contribution in [0.2, 0.25) is 0 Å². The topological polar surface area (TPSA) is 101 Å². The lowest BCUT2D eigenvalue weighted by Gasteiger charge is -2.25. The number of nitrogens with two attached hydrogens (primary N) is 1. The Balaban J connectivity index is 3.09. The van der Waals surface area contributed by atoms with Crippen molar-refractivity contribution in [2.45, 2.75) is 31.2 Å². The van der Waals surface area contributed by atoms with E-state index in [4.69, 9.17) is 10.8 Å². The first-order chi connectivity index (χ1) is 9.30. The number of benzene rings is 1. The second-order valence-electron chi connectivity index (χ2n) is 4.68. The van der Waals surface area contributed by atoms with Crippen LogP contribution < -0.4 is 5.73 Å². The van der Waals surface area contributed by atoms with Crippen LogP contribution in [-0.4, -0.2) is 42.9 Å². The Labute approximate surface area is 119 Å². The van der Waals surface area contributed by atoms with Gasteiger partial charge in [-0.1, -0.05) is 0 Å². The first kappa shape index (κ1) is 16.6. The highest BCUT2D eigenvalue weighted by Crippen LogP contribution is 2.19. The average Bonchev–Trinajstić information content (AvgIpc) is 2.38. The third-order valence-electron chi connectivity index (χ3n) is 2.86. The maximum atomic E-state index is 12.5. The molecule has 1 aromatic carbocycles. The Morgan fingerprint density at radius 2 is 1.85 bits per heavy atom. The largest absolute Gasteiger partial charge is 0.396 e. The molecule has 112 valence electrons. The molecule has 0 fully saturated rings. The smallest absolute Gasteiger partial charge is 0.248 e. The average molecular weight is 300 g/mol. The summed E-state index contributed by atoms with van der Waals surface area (Å²) in [6.07, 6.45) is 0.372. The third kappa shape index (κ3) is 3.78. The monoisotopic (exact) mass is 300 g/mol. The molecule has 0 saturated carbocycles. The van der Waals surface area contributed by atoms with E-state index in [0.717, 1.165) is 0 Å². The highest BCUT2D eigenvalue weighted by molar-refractivity contribution is 7.89. The van der Waals surface area contributed by atoms with Gasteiger partial charge in [-0.25, -0.2) is 8.42 Å². The zero-order valence-corrected chi connectivity index (χ0v) is 12.4. The summed E-state index contributed by atoms with van der Waals surface area (Å²) in [5.74, 6) is -0.602. The van der Waals surface area contributed by atoms with Gasteiger partial charge in [0.15, 0.2) is 0 Å². The Hall–Kier alpha value is -1.44. The van der Waals surface area contributed by atoms with Crippen molar-refractivity contribution in [1.29, 1.82) is 0 Å². The predicted molar refractivity (Wildman–Crippen MR) is 75.7 cm³/mol. The summed E-state index contributed by atoms with van der Waals surface area (Å²) in [7, 11) is -3.64. The van der Waals surface area contributed by atoms with Gasteiger partial charge in [0, 0.05) is 24.8 Å². The predicted octanol–water partition coefficient (Wildman–Crippen LogP) is 0.567. The van der Waals surface area contributed by atoms with E-state index in [2.05, 4.69) is 0 Å². The van der Waals surface area contributed by atoms with Crippen LogP contribution in [0.5, 0.6) is 0 Å². The number of nitrogens with zero attached hydrogens (tertiary/aromatic N) is 1. The summed E-state index contributed by atoms with van der Waals surface area (Å²) < 4.78 is 26.3. The summed E-state index contributed by atoms with van der Waals surface area (Å²) in [4.78, 5) is 11.1. The second-order valence-corrected chi connectivity index (χ2v) is 6.57. The van der Waals surface area contributed by atoms with Gasteiger partial charge in [-0.3, -0.25) is 4.79 Å². The second kappa shape index (κ2) is 6.83. The fourth-order valence-corrected chi connectivity index (χ4v) is 3.48. The third-order valence-corrected chi connectivity index (χ3v) is 4.95. The molecule has 1 aromatic rings. The normalized spacial score (nSPS) is 12.1. The molecular formula is C13H20N2O4S. The Kier molecular flexibility index (Phi) is 5.67. The van der Waals surface area contributed by atoms with Gasteiger partial charge in [0.2, 0.25) is 15.9 Å². The summed E-state index contributed by atoms with van der Waals surface area (Å²) >= 11 is 0. The van der Waals surface area contributed by atoms with E-state index in [1.165, 1.54) is 28.6 Å². The molecule has 0 spiro atoms. The van der Waals surface area contributed by atoms with Crippen LogP contribution in [0.15, 0.2) is 29.2 Å². The van der Waals surface area contributed by atoms with E-state index in [1.54, 1.807) is 13.8 Å². The molecule has 0 saturated heterocycles. The molecule has 1 rings (SSSR count). The summed E-state index contributed by atoms with van der Waals surface area (Å²) in [6.45, 7) is 3.72. The molecule has 0 aliphatic rings. The maximum absolute atomic E-state index is 12.5. The molecule has 0 bridgehead atoms. The van der Waals surface area contributed by atoms with Crippen molar-refractivity contribution in [3.05, 3.63) is 29.8 Å². The van der Waals surface area contributed by atoms with Gasteiger partial charge in [0.1, 0.15) is 0 Å². The fourth-order valence-electron chi connectivity index (χ4n) is 1.81. The summed E-state index contributed by atoms with van der Waals surface area (Å²) in [5, 5.41) is 8.86. The van der Waals surface area contributed by atoms with Gasteiger partial charge < -0.3 is 10.8 Å². The zero-order valence-electron chi connectivity index (χ0n) is 11.6. The molecule has 0 radical (unpaired) electrons. The number of carbonyl (C=O) groups excluding carboxylic acids is 1. The Bertz CT molecular complexity index is 552. The number of hydrogen-bond acceptors (Lipinski definition) is 4. The van der Waals surface area contributed by atoms with Crippen LogP contribution in [-0.2, 0) is 10.0 Å². The highest BCUT2D eigenvalue weighted by Gasteiger charge is 2.26. The van der Waals surface area contributed by atoms with Gasteiger partial charge in [0.25, 0.3) is 0 Å². The van der Waals surface area contributed by atoms with Crippen LogP contribution in [0, 0.1) is 0 Å². The summed E-state index contributed by atoms with van der Waals surface area (Å²) in [5.41, 5.74) is 5.38. The minimum absolute atomic E-state index is 0.0701. The maximum Gasteiger partial charge on any atom is 0.248 e. The lowest BCUT2D eigenvalue weighted by atomic mass is 10.2. The number of hydrogen-bond donors (Lipinski definition) is 2. The van der Waals surface area contributed by atoms with Crippen LogP contribution >= 0.6 is 0 Å². The van der Waals surface area contributed by atoms with Crippen LogP contribution in [0.3, 0.4) is 0 Å². The van der Waals surface area contributed by atoms with Gasteiger partial charge in [0.05, 0.1) is 4.90 Å². The number of aliphatic hydroxyl groups is 1. The van der Waals surface area contributed by atoms with E-state index in [9.17, 15) is 13.2 Å². The van der Waals surface area contributed by atoms with Crippen molar-refractivity contribution in [3.8, 4) is 0 Å². The first-order valence-corrected chi connectivity index (χ1v) is 7.77. The van der Waals surface area contributed by atoms with Crippen LogP contribution in [0.1, 0.15) is 30.6 Å². The molecule has 0 aliphatic heterocycles. The number of primary amides is 1. The van der Waals surface area contributed by atoms with Crippen molar-refractivity contribution in [2.75, 3.05) is 13.2 Å². The molecule has 0 unspecified atom stereocenters. The van der Waals surface area contributed by atoms with E-state index < -0.39 is 15.9 Å². The molecule has 0 heterocycles. The number of carbonyl (C=O) groups is 1. The number of rotatable bonds is 7. The quantitative estimate of drug-likeness (QED) is 0.768. The molecule has 0 aromatic heterocycles. The zero-order chi connectivity index (χ0) is 15.3. The van der Waals surface area contributed by atoms with Gasteiger partial charge in [-0.05, 0) is 44.5 Å². The van der Waals surface area contributed by atoms with Crippen molar-refractivity contribution in [2.24, 2.45) is 5.73 Å². The molecule has 0 atom stereocenters. The molecule has 1 amide bonds.